The molecular weight excluding hydrogens is 326 g/mol. The molecule has 0 aliphatic rings. The number of amides is 1. The summed E-state index contributed by atoms with van der Waals surface area (Å²) in [4.78, 5) is 16.3. The lowest BCUT2D eigenvalue weighted by atomic mass is 9.84. The zero-order valence-electron chi connectivity index (χ0n) is 13.7. The van der Waals surface area contributed by atoms with Crippen LogP contribution in [0.3, 0.4) is 0 Å². The molecule has 6 nitrogen and oxygen atoms in total. The van der Waals surface area contributed by atoms with E-state index >= 15 is 0 Å². The van der Waals surface area contributed by atoms with Crippen molar-refractivity contribution >= 4 is 21.7 Å². The Labute approximate surface area is 142 Å². The molecule has 0 spiro atoms. The maximum absolute atomic E-state index is 12.4. The van der Waals surface area contributed by atoms with E-state index in [0.29, 0.717) is 0 Å². The van der Waals surface area contributed by atoms with Gasteiger partial charge < -0.3 is 5.32 Å². The fraction of sp³-hybridized carbons (Fsp3) is 0.294. The van der Waals surface area contributed by atoms with E-state index in [9.17, 15) is 13.2 Å². The summed E-state index contributed by atoms with van der Waals surface area (Å²) in [7, 11) is -3.57. The van der Waals surface area contributed by atoms with Crippen LogP contribution < -0.4 is 10.0 Å². The number of carbonyl (C=O) groups is 1. The van der Waals surface area contributed by atoms with Crippen molar-refractivity contribution in [3.05, 3.63) is 60.3 Å². The first-order valence-electron chi connectivity index (χ1n) is 7.56. The second kappa shape index (κ2) is 7.44. The summed E-state index contributed by atoms with van der Waals surface area (Å²) >= 11 is 0. The van der Waals surface area contributed by atoms with Crippen molar-refractivity contribution in [1.29, 1.82) is 0 Å². The van der Waals surface area contributed by atoms with E-state index in [-0.39, 0.29) is 24.0 Å². The molecule has 2 rings (SSSR count). The standard InChI is InChI=1S/C17H21N3O3S/c1-17(2,14-8-4-3-5-9-14)16(21)19-12-13-24(22,23)20-15-10-6-7-11-18-15/h3-11H,12-13H2,1-2H3,(H,18,20)(H,19,21). The van der Waals surface area contributed by atoms with E-state index in [2.05, 4.69) is 15.0 Å². The monoisotopic (exact) mass is 347 g/mol. The molecule has 0 fully saturated rings. The van der Waals surface area contributed by atoms with Gasteiger partial charge in [-0.25, -0.2) is 13.4 Å². The Bertz CT molecular complexity index is 775. The topological polar surface area (TPSA) is 88.2 Å². The van der Waals surface area contributed by atoms with E-state index in [1.54, 1.807) is 32.0 Å². The molecule has 128 valence electrons. The minimum atomic E-state index is -3.57. The predicted molar refractivity (Wildman–Crippen MR) is 94.1 cm³/mol. The van der Waals surface area contributed by atoms with Gasteiger partial charge in [0.05, 0.1) is 11.2 Å². The van der Waals surface area contributed by atoms with Crippen LogP contribution in [0.1, 0.15) is 19.4 Å². The molecule has 0 aliphatic carbocycles. The summed E-state index contributed by atoms with van der Waals surface area (Å²) in [6.07, 6.45) is 1.50. The summed E-state index contributed by atoms with van der Waals surface area (Å²) in [6, 6.07) is 14.3. The van der Waals surface area contributed by atoms with Crippen molar-refractivity contribution in [2.75, 3.05) is 17.0 Å². The number of hydrogen-bond donors (Lipinski definition) is 2. The number of aromatic nitrogens is 1. The van der Waals surface area contributed by atoms with Gasteiger partial charge in [-0.1, -0.05) is 36.4 Å². The normalized spacial score (nSPS) is 11.8. The lowest BCUT2D eigenvalue weighted by Crippen LogP contribution is -2.42. The van der Waals surface area contributed by atoms with E-state index in [1.165, 1.54) is 6.20 Å². The van der Waals surface area contributed by atoms with Gasteiger partial charge in [0.1, 0.15) is 5.82 Å². The molecule has 0 aliphatic heterocycles. The largest absolute Gasteiger partial charge is 0.354 e. The van der Waals surface area contributed by atoms with Gasteiger partial charge in [-0.3, -0.25) is 9.52 Å². The minimum Gasteiger partial charge on any atom is -0.354 e. The number of nitrogens with zero attached hydrogens (tertiary/aromatic N) is 1. The molecule has 7 heteroatoms. The van der Waals surface area contributed by atoms with E-state index in [4.69, 9.17) is 0 Å². The first kappa shape index (κ1) is 17.9. The van der Waals surface area contributed by atoms with Gasteiger partial charge in [-0.2, -0.15) is 0 Å². The third-order valence-electron chi connectivity index (χ3n) is 3.64. The number of rotatable bonds is 7. The van der Waals surface area contributed by atoms with Gasteiger partial charge in [-0.05, 0) is 31.5 Å². The summed E-state index contributed by atoms with van der Waals surface area (Å²) in [5, 5.41) is 2.68. The van der Waals surface area contributed by atoms with Crippen LogP contribution in [0.25, 0.3) is 0 Å². The molecule has 1 aromatic heterocycles. The zero-order valence-corrected chi connectivity index (χ0v) is 14.5. The Hall–Kier alpha value is -2.41. The molecule has 2 aromatic rings. The fourth-order valence-corrected chi connectivity index (χ4v) is 3.05. The fourth-order valence-electron chi connectivity index (χ4n) is 2.14. The lowest BCUT2D eigenvalue weighted by molar-refractivity contribution is -0.125. The highest BCUT2D eigenvalue weighted by molar-refractivity contribution is 7.92. The van der Waals surface area contributed by atoms with Gasteiger partial charge in [0, 0.05) is 12.7 Å². The minimum absolute atomic E-state index is 0.0251. The number of carbonyl (C=O) groups excluding carboxylic acids is 1. The molecule has 0 bridgehead atoms. The van der Waals surface area contributed by atoms with Crippen LogP contribution >= 0.6 is 0 Å². The van der Waals surface area contributed by atoms with Crippen LogP contribution in [0.4, 0.5) is 5.82 Å². The molecule has 0 radical (unpaired) electrons. The van der Waals surface area contributed by atoms with Crippen LogP contribution in [-0.4, -0.2) is 31.6 Å². The highest BCUT2D eigenvalue weighted by atomic mass is 32.2. The molecule has 1 heterocycles. The number of nitrogens with one attached hydrogen (secondary N) is 2. The molecular formula is C17H21N3O3S. The summed E-state index contributed by atoms with van der Waals surface area (Å²) in [5.41, 5.74) is 0.136. The highest BCUT2D eigenvalue weighted by Gasteiger charge is 2.29. The Balaban J connectivity index is 1.90. The van der Waals surface area contributed by atoms with Crippen molar-refractivity contribution in [1.82, 2.24) is 10.3 Å². The predicted octanol–water partition coefficient (Wildman–Crippen LogP) is 1.92. The average Bonchev–Trinajstić information content (AvgIpc) is 2.56. The Kier molecular flexibility index (Phi) is 5.56. The first-order chi connectivity index (χ1) is 11.3. The Morgan fingerprint density at radius 2 is 1.75 bits per heavy atom. The SMILES string of the molecule is CC(C)(C(=O)NCCS(=O)(=O)Nc1ccccn1)c1ccccc1. The van der Waals surface area contributed by atoms with Crippen LogP contribution in [0.5, 0.6) is 0 Å². The molecule has 0 atom stereocenters. The maximum Gasteiger partial charge on any atom is 0.235 e. The van der Waals surface area contributed by atoms with Crippen molar-refractivity contribution in [3.63, 3.8) is 0 Å². The second-order valence-electron chi connectivity index (χ2n) is 5.88. The van der Waals surface area contributed by atoms with Crippen molar-refractivity contribution in [2.24, 2.45) is 0 Å². The Morgan fingerprint density at radius 1 is 1.08 bits per heavy atom. The van der Waals surface area contributed by atoms with Crippen LogP contribution in [0, 0.1) is 0 Å². The van der Waals surface area contributed by atoms with Crippen LogP contribution in [-0.2, 0) is 20.2 Å². The van der Waals surface area contributed by atoms with Crippen molar-refractivity contribution in [2.45, 2.75) is 19.3 Å². The van der Waals surface area contributed by atoms with E-state index in [0.717, 1.165) is 5.56 Å². The van der Waals surface area contributed by atoms with Crippen molar-refractivity contribution in [3.8, 4) is 0 Å². The van der Waals surface area contributed by atoms with E-state index < -0.39 is 15.4 Å². The third-order valence-corrected chi connectivity index (χ3v) is 4.91. The number of sulfonamides is 1. The van der Waals surface area contributed by atoms with Crippen LogP contribution in [0.15, 0.2) is 54.7 Å². The van der Waals surface area contributed by atoms with Gasteiger partial charge in [0.15, 0.2) is 0 Å². The van der Waals surface area contributed by atoms with Crippen molar-refractivity contribution < 1.29 is 13.2 Å². The van der Waals surface area contributed by atoms with Gasteiger partial charge in [0.2, 0.25) is 15.9 Å². The first-order valence-corrected chi connectivity index (χ1v) is 9.22. The van der Waals surface area contributed by atoms with E-state index in [1.807, 2.05) is 30.3 Å². The number of pyridine rings is 1. The number of hydrogen-bond acceptors (Lipinski definition) is 4. The number of benzene rings is 1. The van der Waals surface area contributed by atoms with Gasteiger partial charge in [-0.15, -0.1) is 0 Å². The maximum atomic E-state index is 12.4. The second-order valence-corrected chi connectivity index (χ2v) is 7.72. The molecule has 0 saturated heterocycles. The molecule has 2 N–H and O–H groups in total. The quantitative estimate of drug-likeness (QED) is 0.801. The molecule has 24 heavy (non-hydrogen) atoms. The molecule has 0 unspecified atom stereocenters. The lowest BCUT2D eigenvalue weighted by Gasteiger charge is -2.24. The summed E-state index contributed by atoms with van der Waals surface area (Å²) in [5.74, 6) is -0.185. The summed E-state index contributed by atoms with van der Waals surface area (Å²) < 4.78 is 26.4. The van der Waals surface area contributed by atoms with Gasteiger partial charge in [0.25, 0.3) is 0 Å². The zero-order chi connectivity index (χ0) is 17.6. The Morgan fingerprint density at radius 3 is 2.38 bits per heavy atom. The highest BCUT2D eigenvalue weighted by Crippen LogP contribution is 2.22. The molecule has 1 amide bonds. The molecule has 0 saturated carbocycles. The van der Waals surface area contributed by atoms with Gasteiger partial charge >= 0.3 is 0 Å². The smallest absolute Gasteiger partial charge is 0.235 e. The number of anilines is 1. The molecule has 1 aromatic carbocycles. The average molecular weight is 347 g/mol. The summed E-state index contributed by atoms with van der Waals surface area (Å²) in [6.45, 7) is 3.63. The van der Waals surface area contributed by atoms with Crippen LogP contribution in [0.2, 0.25) is 0 Å². The third kappa shape index (κ3) is 4.79.